The lowest BCUT2D eigenvalue weighted by atomic mass is 10.1. The predicted octanol–water partition coefficient (Wildman–Crippen LogP) is 1.88. The van der Waals surface area contributed by atoms with Gasteiger partial charge < -0.3 is 10.0 Å². The fourth-order valence-electron chi connectivity index (χ4n) is 2.47. The van der Waals surface area contributed by atoms with Gasteiger partial charge >= 0.3 is 5.97 Å². The molecule has 0 radical (unpaired) electrons. The van der Waals surface area contributed by atoms with E-state index in [1.807, 2.05) is 19.1 Å². The van der Waals surface area contributed by atoms with E-state index in [0.717, 1.165) is 5.56 Å². The number of aliphatic carboxylic acids is 1. The number of carboxylic acids is 1. The van der Waals surface area contributed by atoms with Crippen LogP contribution >= 0.6 is 11.6 Å². The van der Waals surface area contributed by atoms with Gasteiger partial charge in [0.1, 0.15) is 0 Å². The summed E-state index contributed by atoms with van der Waals surface area (Å²) in [5.41, 5.74) is 1.57. The average Bonchev–Trinajstić information content (AvgIpc) is 2.44. The maximum Gasteiger partial charge on any atom is 0.304 e. The first kappa shape index (κ1) is 15.8. The maximum absolute atomic E-state index is 12.4. The Morgan fingerprint density at radius 2 is 1.86 bits per heavy atom. The predicted molar refractivity (Wildman–Crippen MR) is 80.8 cm³/mol. The fourth-order valence-corrected chi connectivity index (χ4v) is 2.76. The van der Waals surface area contributed by atoms with Crippen molar-refractivity contribution in [1.29, 1.82) is 0 Å². The van der Waals surface area contributed by atoms with Gasteiger partial charge in [0.15, 0.2) is 0 Å². The second-order valence-electron chi connectivity index (χ2n) is 5.29. The molecule has 0 unspecified atom stereocenters. The van der Waals surface area contributed by atoms with Crippen molar-refractivity contribution in [2.75, 3.05) is 32.7 Å². The van der Waals surface area contributed by atoms with Gasteiger partial charge in [0.05, 0.1) is 6.42 Å². The second kappa shape index (κ2) is 6.91. The van der Waals surface area contributed by atoms with E-state index in [4.69, 9.17) is 16.7 Å². The van der Waals surface area contributed by atoms with Crippen molar-refractivity contribution in [3.05, 3.63) is 34.3 Å². The summed E-state index contributed by atoms with van der Waals surface area (Å²) in [6.07, 6.45) is 0.140. The SMILES string of the molecule is Cc1cc(Cl)cc(C(=O)N2CCN(CCC(=O)O)CC2)c1. The summed E-state index contributed by atoms with van der Waals surface area (Å²) in [6.45, 7) is 5.09. The number of benzene rings is 1. The van der Waals surface area contributed by atoms with Crippen LogP contribution in [0.3, 0.4) is 0 Å². The molecule has 0 aromatic heterocycles. The molecule has 0 spiro atoms. The normalized spacial score (nSPS) is 16.0. The summed E-state index contributed by atoms with van der Waals surface area (Å²) < 4.78 is 0. The van der Waals surface area contributed by atoms with E-state index in [-0.39, 0.29) is 12.3 Å². The summed E-state index contributed by atoms with van der Waals surface area (Å²) in [4.78, 5) is 26.9. The van der Waals surface area contributed by atoms with Crippen molar-refractivity contribution in [2.24, 2.45) is 0 Å². The third-order valence-corrected chi connectivity index (χ3v) is 3.81. The molecule has 1 fully saturated rings. The zero-order valence-corrected chi connectivity index (χ0v) is 12.8. The highest BCUT2D eigenvalue weighted by molar-refractivity contribution is 6.31. The maximum atomic E-state index is 12.4. The van der Waals surface area contributed by atoms with Crippen molar-refractivity contribution in [1.82, 2.24) is 9.80 Å². The molecule has 114 valence electrons. The van der Waals surface area contributed by atoms with Crippen LogP contribution in [0.25, 0.3) is 0 Å². The van der Waals surface area contributed by atoms with Crippen molar-refractivity contribution < 1.29 is 14.7 Å². The zero-order chi connectivity index (χ0) is 15.4. The molecule has 1 N–H and O–H groups in total. The summed E-state index contributed by atoms with van der Waals surface area (Å²) in [6, 6.07) is 5.35. The fraction of sp³-hybridized carbons (Fsp3) is 0.467. The molecule has 5 nitrogen and oxygen atoms in total. The van der Waals surface area contributed by atoms with Crippen molar-refractivity contribution in [3.63, 3.8) is 0 Å². The van der Waals surface area contributed by atoms with E-state index < -0.39 is 5.97 Å². The van der Waals surface area contributed by atoms with E-state index in [2.05, 4.69) is 4.90 Å². The van der Waals surface area contributed by atoms with Gasteiger partial charge in [0, 0.05) is 43.3 Å². The van der Waals surface area contributed by atoms with Crippen molar-refractivity contribution in [2.45, 2.75) is 13.3 Å². The van der Waals surface area contributed by atoms with Gasteiger partial charge in [0.25, 0.3) is 5.91 Å². The van der Waals surface area contributed by atoms with Crippen LogP contribution in [0.15, 0.2) is 18.2 Å². The number of carbonyl (C=O) groups is 2. The van der Waals surface area contributed by atoms with Gasteiger partial charge in [-0.15, -0.1) is 0 Å². The number of amides is 1. The number of nitrogens with zero attached hydrogens (tertiary/aromatic N) is 2. The molecule has 0 saturated carbocycles. The molecule has 1 aliphatic rings. The Labute approximate surface area is 129 Å². The number of hydrogen-bond donors (Lipinski definition) is 1. The minimum Gasteiger partial charge on any atom is -0.481 e. The number of hydrogen-bond acceptors (Lipinski definition) is 3. The van der Waals surface area contributed by atoms with Crippen LogP contribution in [0, 0.1) is 6.92 Å². The van der Waals surface area contributed by atoms with Crippen LogP contribution < -0.4 is 0 Å². The van der Waals surface area contributed by atoms with E-state index in [1.54, 1.807) is 11.0 Å². The summed E-state index contributed by atoms with van der Waals surface area (Å²) in [5.74, 6) is -0.804. The Morgan fingerprint density at radius 1 is 1.19 bits per heavy atom. The third-order valence-electron chi connectivity index (χ3n) is 3.59. The average molecular weight is 311 g/mol. The smallest absolute Gasteiger partial charge is 0.304 e. The van der Waals surface area contributed by atoms with E-state index in [1.165, 1.54) is 0 Å². The van der Waals surface area contributed by atoms with Crippen LogP contribution in [0.4, 0.5) is 0 Å². The number of rotatable bonds is 4. The standard InChI is InChI=1S/C15H19ClN2O3/c1-11-8-12(10-13(16)9-11)15(21)18-6-4-17(5-7-18)3-2-14(19)20/h8-10H,2-7H2,1H3,(H,19,20). The molecule has 0 atom stereocenters. The molecule has 0 bridgehead atoms. The summed E-state index contributed by atoms with van der Waals surface area (Å²) >= 11 is 5.99. The first-order valence-electron chi connectivity index (χ1n) is 6.96. The Bertz CT molecular complexity index is 519. The lowest BCUT2D eigenvalue weighted by molar-refractivity contribution is -0.137. The van der Waals surface area contributed by atoms with Gasteiger partial charge in [-0.05, 0) is 30.7 Å². The molecular weight excluding hydrogens is 292 g/mol. The molecule has 2 rings (SSSR count). The van der Waals surface area contributed by atoms with Gasteiger partial charge in [-0.3, -0.25) is 14.5 Å². The number of aryl methyl sites for hydroxylation is 1. The highest BCUT2D eigenvalue weighted by atomic mass is 35.5. The van der Waals surface area contributed by atoms with Crippen LogP contribution in [-0.4, -0.2) is 59.5 Å². The van der Waals surface area contributed by atoms with Crippen LogP contribution in [0.5, 0.6) is 0 Å². The van der Waals surface area contributed by atoms with Gasteiger partial charge in [0.2, 0.25) is 0 Å². The second-order valence-corrected chi connectivity index (χ2v) is 5.73. The van der Waals surface area contributed by atoms with Gasteiger partial charge in [-0.2, -0.15) is 0 Å². The number of carboxylic acid groups (broad SMARTS) is 1. The largest absolute Gasteiger partial charge is 0.481 e. The highest BCUT2D eigenvalue weighted by Gasteiger charge is 2.22. The first-order valence-corrected chi connectivity index (χ1v) is 7.34. The minimum absolute atomic E-state index is 0.0153. The summed E-state index contributed by atoms with van der Waals surface area (Å²) in [7, 11) is 0. The first-order chi connectivity index (χ1) is 9.95. The Morgan fingerprint density at radius 3 is 2.43 bits per heavy atom. The lowest BCUT2D eigenvalue weighted by Gasteiger charge is -2.34. The Hall–Kier alpha value is -1.59. The molecule has 1 aromatic carbocycles. The molecule has 6 heteroatoms. The third kappa shape index (κ3) is 4.44. The van der Waals surface area contributed by atoms with Crippen molar-refractivity contribution >= 4 is 23.5 Å². The number of piperazine rings is 1. The van der Waals surface area contributed by atoms with Crippen LogP contribution in [0.1, 0.15) is 22.3 Å². The van der Waals surface area contributed by atoms with Crippen LogP contribution in [0.2, 0.25) is 5.02 Å². The molecule has 1 aliphatic heterocycles. The Kier molecular flexibility index (Phi) is 5.20. The molecule has 1 saturated heterocycles. The summed E-state index contributed by atoms with van der Waals surface area (Å²) in [5, 5.41) is 9.25. The zero-order valence-electron chi connectivity index (χ0n) is 12.0. The van der Waals surface area contributed by atoms with Gasteiger partial charge in [-0.25, -0.2) is 0 Å². The Balaban J connectivity index is 1.92. The van der Waals surface area contributed by atoms with E-state index in [9.17, 15) is 9.59 Å². The van der Waals surface area contributed by atoms with E-state index >= 15 is 0 Å². The topological polar surface area (TPSA) is 60.9 Å². The van der Waals surface area contributed by atoms with Crippen molar-refractivity contribution in [3.8, 4) is 0 Å². The quantitative estimate of drug-likeness (QED) is 0.922. The number of carbonyl (C=O) groups excluding carboxylic acids is 1. The molecule has 1 heterocycles. The van der Waals surface area contributed by atoms with Gasteiger partial charge in [-0.1, -0.05) is 11.6 Å². The molecular formula is C15H19ClN2O3. The highest BCUT2D eigenvalue weighted by Crippen LogP contribution is 2.17. The van der Waals surface area contributed by atoms with E-state index in [0.29, 0.717) is 43.3 Å². The monoisotopic (exact) mass is 310 g/mol. The molecule has 1 aromatic rings. The van der Waals surface area contributed by atoms with Crippen LogP contribution in [-0.2, 0) is 4.79 Å². The molecule has 21 heavy (non-hydrogen) atoms. The molecule has 1 amide bonds. The molecule has 0 aliphatic carbocycles. The minimum atomic E-state index is -0.789. The lowest BCUT2D eigenvalue weighted by Crippen LogP contribution is -2.49. The number of halogens is 1.